The topological polar surface area (TPSA) is 38.7 Å². The lowest BCUT2D eigenvalue weighted by atomic mass is 9.91. The molecule has 12 aromatic rings. The SMILES string of the molecule is c1ccc(-c2nc(-c3ccc(-c4cccc5c4sc4ccccc45)cc3)cc(-c3cccc(-c4cccc5c4nc(-c4ccccc4)c4cccc(-c6ccccc6)c45)c3)n2)cc1. The average Bonchev–Trinajstić information content (AvgIpc) is 3.76. The summed E-state index contributed by atoms with van der Waals surface area (Å²) in [5, 5.41) is 6.06. The lowest BCUT2D eigenvalue weighted by Crippen LogP contribution is -1.96. The minimum Gasteiger partial charge on any atom is -0.246 e. The Morgan fingerprint density at radius 3 is 1.59 bits per heavy atom. The van der Waals surface area contributed by atoms with Crippen molar-refractivity contribution in [1.82, 2.24) is 15.0 Å². The second-order valence-corrected chi connectivity index (χ2v) is 16.9. The summed E-state index contributed by atoms with van der Waals surface area (Å²) in [6, 6.07) is 79.6. The van der Waals surface area contributed by atoms with Gasteiger partial charge in [0.25, 0.3) is 0 Å². The molecule has 0 atom stereocenters. The first-order valence-corrected chi connectivity index (χ1v) is 22.1. The van der Waals surface area contributed by atoms with Crippen LogP contribution in [0, 0.1) is 0 Å². The second kappa shape index (κ2) is 15.4. The second-order valence-electron chi connectivity index (χ2n) is 15.9. The molecule has 0 fully saturated rings. The van der Waals surface area contributed by atoms with Gasteiger partial charge in [0, 0.05) is 64.1 Å². The Hall–Kier alpha value is -8.05. The van der Waals surface area contributed by atoms with Gasteiger partial charge in [-0.3, -0.25) is 0 Å². The van der Waals surface area contributed by atoms with Gasteiger partial charge in [-0.1, -0.05) is 206 Å². The molecule has 0 radical (unpaired) electrons. The molecule has 63 heavy (non-hydrogen) atoms. The van der Waals surface area contributed by atoms with Crippen LogP contribution in [0.3, 0.4) is 0 Å². The van der Waals surface area contributed by atoms with Crippen molar-refractivity contribution >= 4 is 53.2 Å². The number of pyridine rings is 1. The van der Waals surface area contributed by atoms with E-state index < -0.39 is 0 Å². The van der Waals surface area contributed by atoms with Crippen LogP contribution in [0.1, 0.15) is 0 Å². The predicted molar refractivity (Wildman–Crippen MR) is 266 cm³/mol. The summed E-state index contributed by atoms with van der Waals surface area (Å²) in [5.74, 6) is 0.687. The van der Waals surface area contributed by atoms with Crippen LogP contribution < -0.4 is 0 Å². The van der Waals surface area contributed by atoms with Gasteiger partial charge in [0.05, 0.1) is 22.6 Å². The van der Waals surface area contributed by atoms with E-state index in [1.807, 2.05) is 29.5 Å². The van der Waals surface area contributed by atoms with Crippen molar-refractivity contribution < 1.29 is 0 Å². The molecule has 0 saturated carbocycles. The molecule has 294 valence electrons. The van der Waals surface area contributed by atoms with Crippen molar-refractivity contribution in [2.24, 2.45) is 0 Å². The highest BCUT2D eigenvalue weighted by atomic mass is 32.1. The van der Waals surface area contributed by atoms with Crippen LogP contribution >= 0.6 is 11.3 Å². The maximum absolute atomic E-state index is 5.53. The van der Waals surface area contributed by atoms with Gasteiger partial charge in [-0.05, 0) is 46.0 Å². The van der Waals surface area contributed by atoms with E-state index in [1.54, 1.807) is 0 Å². The standard InChI is InChI=1S/C59H37N3S/c1-4-16-38(17-5-1)45-25-13-29-50-55(45)51-30-14-26-46(57(51)62-56(50)41-18-6-2-7-19-41)43-22-12-23-44(36-43)53-37-52(60-59(61-53)42-20-8-3-9-21-42)40-34-32-39(33-35-40)47-27-15-28-49-48-24-10-11-31-54(48)63-58(47)49/h1-37H. The Balaban J connectivity index is 0.997. The first kappa shape index (κ1) is 36.8. The fourth-order valence-corrected chi connectivity index (χ4v) is 10.3. The Labute approximate surface area is 369 Å². The molecule has 3 heterocycles. The van der Waals surface area contributed by atoms with E-state index in [1.165, 1.54) is 47.8 Å². The molecule has 0 amide bonds. The zero-order valence-electron chi connectivity index (χ0n) is 34.1. The molecular formula is C59H37N3S. The Morgan fingerprint density at radius 1 is 0.302 bits per heavy atom. The van der Waals surface area contributed by atoms with Crippen LogP contribution in [-0.2, 0) is 0 Å². The third-order valence-electron chi connectivity index (χ3n) is 12.1. The molecule has 3 aromatic heterocycles. The van der Waals surface area contributed by atoms with Crippen molar-refractivity contribution in [3.8, 4) is 78.5 Å². The predicted octanol–water partition coefficient (Wildman–Crippen LogP) is 16.2. The molecule has 3 nitrogen and oxygen atoms in total. The molecule has 0 N–H and O–H groups in total. The van der Waals surface area contributed by atoms with Crippen LogP contribution in [0.2, 0.25) is 0 Å². The zero-order chi connectivity index (χ0) is 41.7. The summed E-state index contributed by atoms with van der Waals surface area (Å²) >= 11 is 1.86. The van der Waals surface area contributed by atoms with Gasteiger partial charge >= 0.3 is 0 Å². The van der Waals surface area contributed by atoms with Crippen LogP contribution in [-0.4, -0.2) is 15.0 Å². The first-order chi connectivity index (χ1) is 31.2. The van der Waals surface area contributed by atoms with Crippen molar-refractivity contribution in [1.29, 1.82) is 0 Å². The fraction of sp³-hybridized carbons (Fsp3) is 0. The van der Waals surface area contributed by atoms with Gasteiger partial charge in [0.1, 0.15) is 0 Å². The van der Waals surface area contributed by atoms with E-state index in [9.17, 15) is 0 Å². The number of hydrogen-bond donors (Lipinski definition) is 0. The normalized spacial score (nSPS) is 11.5. The summed E-state index contributed by atoms with van der Waals surface area (Å²) in [4.78, 5) is 15.9. The maximum Gasteiger partial charge on any atom is 0.160 e. The van der Waals surface area contributed by atoms with E-state index in [0.29, 0.717) is 5.82 Å². The lowest BCUT2D eigenvalue weighted by Gasteiger charge is -2.16. The van der Waals surface area contributed by atoms with Crippen molar-refractivity contribution in [2.75, 3.05) is 0 Å². The third-order valence-corrected chi connectivity index (χ3v) is 13.3. The number of nitrogens with zero attached hydrogens (tertiary/aromatic N) is 3. The molecule has 9 aromatic carbocycles. The molecule has 0 aliphatic heterocycles. The van der Waals surface area contributed by atoms with Crippen molar-refractivity contribution in [2.45, 2.75) is 0 Å². The molecular weight excluding hydrogens is 783 g/mol. The average molecular weight is 820 g/mol. The van der Waals surface area contributed by atoms with Crippen LogP contribution in [0.4, 0.5) is 0 Å². The number of rotatable bonds is 7. The molecule has 0 unspecified atom stereocenters. The summed E-state index contributed by atoms with van der Waals surface area (Å²) in [7, 11) is 0. The van der Waals surface area contributed by atoms with Crippen LogP contribution in [0.15, 0.2) is 224 Å². The van der Waals surface area contributed by atoms with E-state index in [0.717, 1.165) is 66.8 Å². The Kier molecular flexibility index (Phi) is 9.02. The lowest BCUT2D eigenvalue weighted by molar-refractivity contribution is 1.18. The van der Waals surface area contributed by atoms with Crippen molar-refractivity contribution in [3.05, 3.63) is 224 Å². The smallest absolute Gasteiger partial charge is 0.160 e. The molecule has 0 saturated heterocycles. The van der Waals surface area contributed by atoms with Gasteiger partial charge in [-0.15, -0.1) is 11.3 Å². The summed E-state index contributed by atoms with van der Waals surface area (Å²) in [6.45, 7) is 0. The van der Waals surface area contributed by atoms with E-state index in [-0.39, 0.29) is 0 Å². The van der Waals surface area contributed by atoms with E-state index in [4.69, 9.17) is 15.0 Å². The minimum absolute atomic E-state index is 0.687. The first-order valence-electron chi connectivity index (χ1n) is 21.3. The highest BCUT2D eigenvalue weighted by Crippen LogP contribution is 2.43. The number of benzene rings is 9. The van der Waals surface area contributed by atoms with Gasteiger partial charge in [-0.2, -0.15) is 0 Å². The molecule has 0 aliphatic rings. The van der Waals surface area contributed by atoms with Crippen LogP contribution in [0.5, 0.6) is 0 Å². The van der Waals surface area contributed by atoms with Gasteiger partial charge in [0.2, 0.25) is 0 Å². The van der Waals surface area contributed by atoms with Crippen LogP contribution in [0.25, 0.3) is 120 Å². The summed E-state index contributed by atoms with van der Waals surface area (Å²) in [6.07, 6.45) is 0. The number of thiophene rings is 1. The summed E-state index contributed by atoms with van der Waals surface area (Å²) in [5.41, 5.74) is 14.7. The quantitative estimate of drug-likeness (QED) is 0.150. The number of aromatic nitrogens is 3. The fourth-order valence-electron chi connectivity index (χ4n) is 9.09. The van der Waals surface area contributed by atoms with Crippen molar-refractivity contribution in [3.63, 3.8) is 0 Å². The van der Waals surface area contributed by atoms with E-state index >= 15 is 0 Å². The number of hydrogen-bond acceptors (Lipinski definition) is 4. The van der Waals surface area contributed by atoms with Gasteiger partial charge < -0.3 is 0 Å². The Morgan fingerprint density at radius 2 is 0.825 bits per heavy atom. The Bertz CT molecular complexity index is 3650. The molecule has 12 rings (SSSR count). The van der Waals surface area contributed by atoms with E-state index in [2.05, 4.69) is 206 Å². The zero-order valence-corrected chi connectivity index (χ0v) is 34.9. The minimum atomic E-state index is 0.687. The molecule has 0 spiro atoms. The molecule has 4 heteroatoms. The molecule has 0 bridgehead atoms. The number of para-hydroxylation sites is 1. The highest BCUT2D eigenvalue weighted by Gasteiger charge is 2.19. The maximum atomic E-state index is 5.53. The third kappa shape index (κ3) is 6.56. The molecule has 0 aliphatic carbocycles. The summed E-state index contributed by atoms with van der Waals surface area (Å²) < 4.78 is 2.62. The van der Waals surface area contributed by atoms with Gasteiger partial charge in [-0.25, -0.2) is 15.0 Å². The largest absolute Gasteiger partial charge is 0.246 e. The van der Waals surface area contributed by atoms with Gasteiger partial charge in [0.15, 0.2) is 5.82 Å². The number of fused-ring (bicyclic) bond motifs is 6. The monoisotopic (exact) mass is 819 g/mol. The highest BCUT2D eigenvalue weighted by molar-refractivity contribution is 7.26.